The minimum atomic E-state index is -0.961. The Bertz CT molecular complexity index is 589. The highest BCUT2D eigenvalue weighted by molar-refractivity contribution is 9.10. The van der Waals surface area contributed by atoms with E-state index in [1.54, 1.807) is 7.11 Å². The number of halogens is 2. The smallest absolute Gasteiger partial charge is 0.133 e. The fourth-order valence-corrected chi connectivity index (χ4v) is 3.30. The third-order valence-corrected chi connectivity index (χ3v) is 4.34. The van der Waals surface area contributed by atoms with Gasteiger partial charge in [-0.15, -0.1) is 11.6 Å². The van der Waals surface area contributed by atoms with E-state index in [1.807, 2.05) is 48.5 Å². The summed E-state index contributed by atoms with van der Waals surface area (Å²) in [6, 6.07) is 15.5. The van der Waals surface area contributed by atoms with Crippen LogP contribution < -0.4 is 4.74 Å². The Morgan fingerprint density at radius 2 is 1.90 bits per heavy atom. The van der Waals surface area contributed by atoms with Crippen molar-refractivity contribution in [3.63, 3.8) is 0 Å². The largest absolute Gasteiger partial charge is 0.496 e. The maximum atomic E-state index is 11.0. The van der Waals surface area contributed by atoms with Crippen LogP contribution in [0.25, 0.3) is 0 Å². The Morgan fingerprint density at radius 3 is 2.48 bits per heavy atom. The molecule has 2 aromatic carbocycles. The van der Waals surface area contributed by atoms with Gasteiger partial charge in [0, 0.05) is 12.3 Å². The third kappa shape index (κ3) is 4.00. The van der Waals surface area contributed by atoms with Gasteiger partial charge in [-0.2, -0.15) is 0 Å². The number of hydrogen-bond donors (Lipinski definition) is 1. The monoisotopic (exact) mass is 368 g/mol. The van der Waals surface area contributed by atoms with Crippen molar-refractivity contribution in [2.24, 2.45) is 0 Å². The van der Waals surface area contributed by atoms with Gasteiger partial charge in [0.25, 0.3) is 0 Å². The molecule has 0 aliphatic rings. The van der Waals surface area contributed by atoms with Crippen molar-refractivity contribution >= 4 is 27.5 Å². The summed E-state index contributed by atoms with van der Waals surface area (Å²) in [6.45, 7) is 0. The molecular weight excluding hydrogens is 352 g/mol. The average Bonchev–Trinajstić information content (AvgIpc) is 2.48. The molecule has 1 N–H and O–H groups in total. The Balaban J connectivity index is 2.30. The third-order valence-electron chi connectivity index (χ3n) is 3.53. The lowest BCUT2D eigenvalue weighted by molar-refractivity contribution is 0.0336. The van der Waals surface area contributed by atoms with Gasteiger partial charge in [-0.3, -0.25) is 0 Å². The molecule has 0 bridgehead atoms. The van der Waals surface area contributed by atoms with E-state index in [4.69, 9.17) is 16.3 Å². The fraction of sp³-hybridized carbons (Fsp3) is 0.294. The molecule has 2 rings (SSSR count). The van der Waals surface area contributed by atoms with Gasteiger partial charge in [0.1, 0.15) is 5.75 Å². The lowest BCUT2D eigenvalue weighted by Gasteiger charge is -2.28. The van der Waals surface area contributed by atoms with Crippen molar-refractivity contribution in [2.75, 3.05) is 13.0 Å². The maximum Gasteiger partial charge on any atom is 0.133 e. The maximum absolute atomic E-state index is 11.0. The van der Waals surface area contributed by atoms with Gasteiger partial charge >= 0.3 is 0 Å². The summed E-state index contributed by atoms with van der Waals surface area (Å²) in [6.07, 6.45) is 1.01. The zero-order valence-corrected chi connectivity index (χ0v) is 14.2. The van der Waals surface area contributed by atoms with Crippen molar-refractivity contribution in [3.8, 4) is 5.75 Å². The first-order valence-electron chi connectivity index (χ1n) is 6.75. The van der Waals surface area contributed by atoms with Gasteiger partial charge in [-0.1, -0.05) is 36.4 Å². The van der Waals surface area contributed by atoms with Crippen LogP contribution in [0.15, 0.2) is 53.0 Å². The molecule has 0 saturated heterocycles. The first-order chi connectivity index (χ1) is 10.1. The van der Waals surface area contributed by atoms with Crippen LogP contribution in [0.3, 0.4) is 0 Å². The minimum absolute atomic E-state index is 0.405. The number of hydrogen-bond acceptors (Lipinski definition) is 2. The molecule has 0 amide bonds. The zero-order valence-electron chi connectivity index (χ0n) is 11.9. The van der Waals surface area contributed by atoms with Crippen molar-refractivity contribution in [2.45, 2.75) is 18.4 Å². The van der Waals surface area contributed by atoms with Crippen molar-refractivity contribution in [1.82, 2.24) is 0 Å². The van der Waals surface area contributed by atoms with Crippen LogP contribution in [0, 0.1) is 0 Å². The Kier molecular flexibility index (Phi) is 5.68. The number of benzene rings is 2. The predicted molar refractivity (Wildman–Crippen MR) is 90.1 cm³/mol. The highest BCUT2D eigenvalue weighted by Crippen LogP contribution is 2.32. The van der Waals surface area contributed by atoms with Crippen LogP contribution in [0.2, 0.25) is 0 Å². The molecule has 0 fully saturated rings. The molecule has 0 aliphatic carbocycles. The van der Waals surface area contributed by atoms with Gasteiger partial charge in [-0.25, -0.2) is 0 Å². The van der Waals surface area contributed by atoms with Crippen molar-refractivity contribution in [1.29, 1.82) is 0 Å². The summed E-state index contributed by atoms with van der Waals surface area (Å²) < 4.78 is 6.11. The molecule has 0 spiro atoms. The predicted octanol–water partition coefficient (Wildman–Crippen LogP) is 4.52. The van der Waals surface area contributed by atoms with Crippen molar-refractivity contribution < 1.29 is 9.84 Å². The lowest BCUT2D eigenvalue weighted by atomic mass is 9.85. The van der Waals surface area contributed by atoms with Crippen LogP contribution in [-0.2, 0) is 12.0 Å². The van der Waals surface area contributed by atoms with Crippen LogP contribution in [0.1, 0.15) is 17.5 Å². The van der Waals surface area contributed by atoms with E-state index in [0.717, 1.165) is 21.3 Å². The average molecular weight is 370 g/mol. The molecule has 112 valence electrons. The molecule has 0 aromatic heterocycles. The standard InChI is InChI=1S/C17H18BrClO2/c1-21-16-8-7-13(11-15(16)18)12-17(20,9-10-19)14-5-3-2-4-6-14/h2-8,11,20H,9-10,12H2,1H3. The van der Waals surface area contributed by atoms with Crippen LogP contribution >= 0.6 is 27.5 Å². The molecule has 0 aliphatic heterocycles. The van der Waals surface area contributed by atoms with Gasteiger partial charge in [0.15, 0.2) is 0 Å². The fourth-order valence-electron chi connectivity index (χ4n) is 2.40. The van der Waals surface area contributed by atoms with Crippen molar-refractivity contribution in [3.05, 3.63) is 64.1 Å². The molecule has 1 unspecified atom stereocenters. The van der Waals surface area contributed by atoms with Gasteiger partial charge in [0.05, 0.1) is 17.2 Å². The quantitative estimate of drug-likeness (QED) is 0.759. The summed E-state index contributed by atoms with van der Waals surface area (Å²) in [5.74, 6) is 1.18. The molecular formula is C17H18BrClO2. The summed E-state index contributed by atoms with van der Waals surface area (Å²) in [5, 5.41) is 11.0. The Labute approximate surface area is 138 Å². The minimum Gasteiger partial charge on any atom is -0.496 e. The van der Waals surface area contributed by atoms with E-state index in [2.05, 4.69) is 15.9 Å². The van der Waals surface area contributed by atoms with E-state index in [9.17, 15) is 5.11 Å². The molecule has 2 nitrogen and oxygen atoms in total. The van der Waals surface area contributed by atoms with E-state index in [1.165, 1.54) is 0 Å². The van der Waals surface area contributed by atoms with Crippen LogP contribution in [0.5, 0.6) is 5.75 Å². The highest BCUT2D eigenvalue weighted by Gasteiger charge is 2.29. The second-order valence-electron chi connectivity index (χ2n) is 4.98. The van der Waals surface area contributed by atoms with Crippen LogP contribution in [-0.4, -0.2) is 18.1 Å². The van der Waals surface area contributed by atoms with Gasteiger partial charge in [-0.05, 0) is 45.6 Å². The molecule has 4 heteroatoms. The summed E-state index contributed by atoms with van der Waals surface area (Å²) in [4.78, 5) is 0. The number of aliphatic hydroxyl groups is 1. The van der Waals surface area contributed by atoms with E-state index < -0.39 is 5.60 Å². The van der Waals surface area contributed by atoms with E-state index >= 15 is 0 Å². The molecule has 0 radical (unpaired) electrons. The molecule has 0 saturated carbocycles. The number of ether oxygens (including phenoxy) is 1. The second-order valence-corrected chi connectivity index (χ2v) is 6.21. The SMILES string of the molecule is COc1ccc(CC(O)(CCCl)c2ccccc2)cc1Br. The molecule has 2 aromatic rings. The normalized spacial score (nSPS) is 13.7. The summed E-state index contributed by atoms with van der Waals surface area (Å²) in [7, 11) is 1.63. The molecule has 21 heavy (non-hydrogen) atoms. The zero-order chi connectivity index (χ0) is 15.3. The lowest BCUT2D eigenvalue weighted by Crippen LogP contribution is -2.29. The highest BCUT2D eigenvalue weighted by atomic mass is 79.9. The number of methoxy groups -OCH3 is 1. The molecule has 1 atom stereocenters. The molecule has 0 heterocycles. The van der Waals surface area contributed by atoms with E-state index in [0.29, 0.717) is 18.7 Å². The van der Waals surface area contributed by atoms with Crippen LogP contribution in [0.4, 0.5) is 0 Å². The van der Waals surface area contributed by atoms with Gasteiger partial charge < -0.3 is 9.84 Å². The first-order valence-corrected chi connectivity index (χ1v) is 8.08. The Hall–Kier alpha value is -1.03. The van der Waals surface area contributed by atoms with Gasteiger partial charge in [0.2, 0.25) is 0 Å². The number of alkyl halides is 1. The Morgan fingerprint density at radius 1 is 1.19 bits per heavy atom. The van der Waals surface area contributed by atoms with E-state index in [-0.39, 0.29) is 0 Å². The summed E-state index contributed by atoms with van der Waals surface area (Å²) >= 11 is 9.37. The summed E-state index contributed by atoms with van der Waals surface area (Å²) in [5.41, 5.74) is 0.952. The topological polar surface area (TPSA) is 29.5 Å². The second kappa shape index (κ2) is 7.30. The number of rotatable bonds is 6. The first kappa shape index (κ1) is 16.3.